The highest BCUT2D eigenvalue weighted by molar-refractivity contribution is 7.89. The van der Waals surface area contributed by atoms with Gasteiger partial charge in [-0.2, -0.15) is 0 Å². The fourth-order valence-corrected chi connectivity index (χ4v) is 5.83. The number of aryl methyl sites for hydroxylation is 2. The van der Waals surface area contributed by atoms with Gasteiger partial charge in [-0.1, -0.05) is 109 Å². The van der Waals surface area contributed by atoms with Crippen molar-refractivity contribution in [3.8, 4) is 0 Å². The summed E-state index contributed by atoms with van der Waals surface area (Å²) >= 11 is 0. The van der Waals surface area contributed by atoms with E-state index >= 15 is 0 Å². The number of sulfonamides is 1. The van der Waals surface area contributed by atoms with Crippen LogP contribution in [0.2, 0.25) is 0 Å². The molecule has 0 fully saturated rings. The molecule has 186 valence electrons. The maximum atomic E-state index is 13.6. The summed E-state index contributed by atoms with van der Waals surface area (Å²) in [5.41, 5.74) is 4.33. The Balaban J connectivity index is 1.67. The average molecular weight is 499 g/mol. The van der Waals surface area contributed by atoms with E-state index in [9.17, 15) is 8.42 Å². The van der Waals surface area contributed by atoms with Crippen molar-refractivity contribution >= 4 is 10.0 Å². The van der Waals surface area contributed by atoms with E-state index in [1.807, 2.05) is 73.7 Å². The van der Waals surface area contributed by atoms with Crippen LogP contribution in [0.5, 0.6) is 0 Å². The Morgan fingerprint density at radius 3 is 1.83 bits per heavy atom. The van der Waals surface area contributed by atoms with E-state index in [0.717, 1.165) is 36.1 Å². The van der Waals surface area contributed by atoms with Crippen molar-refractivity contribution in [2.45, 2.75) is 36.7 Å². The summed E-state index contributed by atoms with van der Waals surface area (Å²) < 4.78 is 30.2. The van der Waals surface area contributed by atoms with Crippen LogP contribution in [0.15, 0.2) is 120 Å². The van der Waals surface area contributed by atoms with E-state index < -0.39 is 16.1 Å². The third-order valence-corrected chi connectivity index (χ3v) is 7.98. The maximum absolute atomic E-state index is 13.6. The molecule has 4 aromatic rings. The highest BCUT2D eigenvalue weighted by Crippen LogP contribution is 2.35. The summed E-state index contributed by atoms with van der Waals surface area (Å²) in [6, 6.07) is 36.8. The standard InChI is InChI=1S/C31H34N2O2S/c1-25-20-22-29(23-21-25)36(34,35)32-30(27-16-8-4-9-17-27)31(28-18-10-5-11-19-28)33(2)24-12-15-26-13-6-3-7-14-26/h3-11,13-14,16-23,30-32H,12,15,24H2,1-2H3/t30-,31-/m0/s1. The topological polar surface area (TPSA) is 49.4 Å². The Morgan fingerprint density at radius 1 is 0.722 bits per heavy atom. The van der Waals surface area contributed by atoms with Gasteiger partial charge in [-0.05, 0) is 62.2 Å². The quantitative estimate of drug-likeness (QED) is 0.263. The molecule has 5 heteroatoms. The molecule has 0 aromatic heterocycles. The number of nitrogens with zero attached hydrogens (tertiary/aromatic N) is 1. The van der Waals surface area contributed by atoms with Crippen LogP contribution < -0.4 is 4.72 Å². The van der Waals surface area contributed by atoms with Gasteiger partial charge in [0.15, 0.2) is 0 Å². The number of rotatable bonds is 11. The number of hydrogen-bond acceptors (Lipinski definition) is 3. The first-order valence-electron chi connectivity index (χ1n) is 12.4. The minimum absolute atomic E-state index is 0.190. The molecule has 0 heterocycles. The molecule has 0 radical (unpaired) electrons. The molecule has 4 aromatic carbocycles. The molecule has 2 atom stereocenters. The average Bonchev–Trinajstić information content (AvgIpc) is 2.90. The summed E-state index contributed by atoms with van der Waals surface area (Å²) in [6.45, 7) is 2.77. The maximum Gasteiger partial charge on any atom is 0.241 e. The van der Waals surface area contributed by atoms with Crippen LogP contribution in [0, 0.1) is 6.92 Å². The van der Waals surface area contributed by atoms with E-state index in [1.165, 1.54) is 5.56 Å². The van der Waals surface area contributed by atoms with Gasteiger partial charge < -0.3 is 0 Å². The first-order chi connectivity index (χ1) is 17.4. The molecule has 0 saturated carbocycles. The van der Waals surface area contributed by atoms with Crippen molar-refractivity contribution in [1.29, 1.82) is 0 Å². The van der Waals surface area contributed by atoms with Gasteiger partial charge >= 0.3 is 0 Å². The van der Waals surface area contributed by atoms with Crippen molar-refractivity contribution in [3.63, 3.8) is 0 Å². The second-order valence-electron chi connectivity index (χ2n) is 9.25. The van der Waals surface area contributed by atoms with Gasteiger partial charge in [0, 0.05) is 0 Å². The molecule has 0 saturated heterocycles. The summed E-state index contributed by atoms with van der Waals surface area (Å²) in [7, 11) is -1.67. The summed E-state index contributed by atoms with van der Waals surface area (Å²) in [4.78, 5) is 2.54. The molecule has 0 bridgehead atoms. The zero-order chi connectivity index (χ0) is 25.4. The highest BCUT2D eigenvalue weighted by atomic mass is 32.2. The second kappa shape index (κ2) is 12.1. The van der Waals surface area contributed by atoms with Crippen molar-refractivity contribution in [3.05, 3.63) is 138 Å². The predicted molar refractivity (Wildman–Crippen MR) is 147 cm³/mol. The molecule has 0 aliphatic carbocycles. The molecule has 0 aliphatic heterocycles. The van der Waals surface area contributed by atoms with Gasteiger partial charge in [-0.25, -0.2) is 13.1 Å². The Kier molecular flexibility index (Phi) is 8.70. The predicted octanol–water partition coefficient (Wildman–Crippen LogP) is 6.32. The minimum Gasteiger partial charge on any atom is -0.297 e. The van der Waals surface area contributed by atoms with E-state index in [2.05, 4.69) is 53.1 Å². The van der Waals surface area contributed by atoms with Gasteiger partial charge in [-0.15, -0.1) is 0 Å². The zero-order valence-corrected chi connectivity index (χ0v) is 21.7. The van der Waals surface area contributed by atoms with Crippen molar-refractivity contribution in [1.82, 2.24) is 9.62 Å². The molecule has 1 N–H and O–H groups in total. The van der Waals surface area contributed by atoms with Crippen LogP contribution in [0.4, 0.5) is 0 Å². The SMILES string of the molecule is Cc1ccc(S(=O)(=O)N[C@@H](c2ccccc2)[C@H](c2ccccc2)N(C)CCCc2ccccc2)cc1. The Labute approximate surface area is 215 Å². The van der Waals surface area contributed by atoms with Crippen molar-refractivity contribution < 1.29 is 8.42 Å². The normalized spacial score (nSPS) is 13.4. The lowest BCUT2D eigenvalue weighted by molar-refractivity contribution is 0.203. The summed E-state index contributed by atoms with van der Waals surface area (Å²) in [5, 5.41) is 0. The molecule has 4 nitrogen and oxygen atoms in total. The molecular weight excluding hydrogens is 464 g/mol. The van der Waals surface area contributed by atoms with E-state index in [1.54, 1.807) is 12.1 Å². The van der Waals surface area contributed by atoms with Crippen LogP contribution >= 0.6 is 0 Å². The van der Waals surface area contributed by atoms with E-state index in [4.69, 9.17) is 0 Å². The smallest absolute Gasteiger partial charge is 0.241 e. The Morgan fingerprint density at radius 2 is 1.25 bits per heavy atom. The largest absolute Gasteiger partial charge is 0.297 e. The third kappa shape index (κ3) is 6.70. The van der Waals surface area contributed by atoms with Crippen molar-refractivity contribution in [2.24, 2.45) is 0 Å². The number of likely N-dealkylation sites (N-methyl/N-ethyl adjacent to an activating group) is 1. The monoisotopic (exact) mass is 498 g/mol. The molecule has 4 rings (SSSR count). The molecule has 0 amide bonds. The minimum atomic E-state index is -3.75. The molecule has 0 unspecified atom stereocenters. The van der Waals surface area contributed by atoms with E-state index in [0.29, 0.717) is 0 Å². The van der Waals surface area contributed by atoms with Gasteiger partial charge in [0.1, 0.15) is 0 Å². The van der Waals surface area contributed by atoms with Gasteiger partial charge in [0.05, 0.1) is 17.0 Å². The van der Waals surface area contributed by atoms with Crippen LogP contribution in [0.3, 0.4) is 0 Å². The van der Waals surface area contributed by atoms with Crippen molar-refractivity contribution in [2.75, 3.05) is 13.6 Å². The zero-order valence-electron chi connectivity index (χ0n) is 20.9. The van der Waals surface area contributed by atoms with Gasteiger partial charge in [0.25, 0.3) is 0 Å². The number of nitrogens with one attached hydrogen (secondary N) is 1. The molecular formula is C31H34N2O2S. The van der Waals surface area contributed by atoms with Gasteiger partial charge in [0.2, 0.25) is 10.0 Å². The first-order valence-corrected chi connectivity index (χ1v) is 13.9. The third-order valence-electron chi connectivity index (χ3n) is 6.52. The lowest BCUT2D eigenvalue weighted by Crippen LogP contribution is -2.39. The molecule has 0 spiro atoms. The number of benzene rings is 4. The summed E-state index contributed by atoms with van der Waals surface area (Å²) in [6.07, 6.45) is 1.94. The molecule has 0 aliphatic rings. The lowest BCUT2D eigenvalue weighted by atomic mass is 9.92. The van der Waals surface area contributed by atoms with Gasteiger partial charge in [-0.3, -0.25) is 4.90 Å². The van der Waals surface area contributed by atoms with Crippen LogP contribution in [0.1, 0.15) is 40.8 Å². The van der Waals surface area contributed by atoms with E-state index in [-0.39, 0.29) is 10.9 Å². The molecule has 36 heavy (non-hydrogen) atoms. The van der Waals surface area contributed by atoms with Crippen LogP contribution in [0.25, 0.3) is 0 Å². The lowest BCUT2D eigenvalue weighted by Gasteiger charge is -2.36. The Bertz CT molecular complexity index is 1310. The van der Waals surface area contributed by atoms with Crippen LogP contribution in [-0.2, 0) is 16.4 Å². The fraction of sp³-hybridized carbons (Fsp3) is 0.226. The Hall–Kier alpha value is -3.25. The first kappa shape index (κ1) is 25.8. The number of hydrogen-bond donors (Lipinski definition) is 1. The second-order valence-corrected chi connectivity index (χ2v) is 11.0. The summed E-state index contributed by atoms with van der Waals surface area (Å²) in [5.74, 6) is 0. The fourth-order valence-electron chi connectivity index (χ4n) is 4.60. The van der Waals surface area contributed by atoms with Crippen LogP contribution in [-0.4, -0.2) is 26.9 Å². The highest BCUT2D eigenvalue weighted by Gasteiger charge is 2.32.